The third kappa shape index (κ3) is 4.32. The molecule has 156 valence electrons. The van der Waals surface area contributed by atoms with E-state index in [0.29, 0.717) is 11.5 Å². The first kappa shape index (κ1) is 21.5. The van der Waals surface area contributed by atoms with Crippen LogP contribution < -0.4 is 41.2 Å². The number of nitrogens with zero attached hydrogens (tertiary/aromatic N) is 3. The normalized spacial score (nSPS) is 11.4. The van der Waals surface area contributed by atoms with Crippen molar-refractivity contribution in [1.29, 1.82) is 5.26 Å². The van der Waals surface area contributed by atoms with Crippen LogP contribution in [0, 0.1) is 11.3 Å². The largest absolute Gasteiger partial charge is 1.00 e. The van der Waals surface area contributed by atoms with Gasteiger partial charge >= 0.3 is 7.12 Å². The fraction of sp³-hybridized carbons (Fsp3) is 0.0400. The smallest absolute Gasteiger partial charge is 0.632 e. The molecule has 1 aliphatic heterocycles. The number of nitriles is 1. The van der Waals surface area contributed by atoms with Crippen LogP contribution in [0.2, 0.25) is 0 Å². The summed E-state index contributed by atoms with van der Waals surface area (Å²) in [6, 6.07) is 32.7. The topological polar surface area (TPSA) is 49.4 Å². The number of benzene rings is 3. The van der Waals surface area contributed by atoms with Crippen molar-refractivity contribution in [2.45, 2.75) is 6.54 Å². The van der Waals surface area contributed by atoms with Gasteiger partial charge in [-0.05, 0) is 36.4 Å². The van der Waals surface area contributed by atoms with Crippen molar-refractivity contribution in [3.63, 3.8) is 0 Å². The molecule has 4 aromatic rings. The number of para-hydroxylation sites is 2. The highest BCUT2D eigenvalue weighted by molar-refractivity contribution is 6.63. The Morgan fingerprint density at radius 2 is 1.31 bits per heavy atom. The van der Waals surface area contributed by atoms with Gasteiger partial charge in [0.1, 0.15) is 6.07 Å². The van der Waals surface area contributed by atoms with Crippen LogP contribution in [0.15, 0.2) is 103 Å². The van der Waals surface area contributed by atoms with Crippen LogP contribution in [0.25, 0.3) is 0 Å². The second kappa shape index (κ2) is 9.59. The fourth-order valence-corrected chi connectivity index (χ4v) is 3.64. The maximum Gasteiger partial charge on any atom is 0.632 e. The molecule has 1 aliphatic rings. The highest BCUT2D eigenvalue weighted by Gasteiger charge is 2.35. The van der Waals surface area contributed by atoms with E-state index < -0.39 is 7.12 Å². The van der Waals surface area contributed by atoms with Crippen LogP contribution >= 0.6 is 0 Å². The van der Waals surface area contributed by atoms with Gasteiger partial charge in [-0.25, -0.2) is 0 Å². The molecule has 0 unspecified atom stereocenters. The lowest BCUT2D eigenvalue weighted by Crippen LogP contribution is -3.00. The molecule has 0 radical (unpaired) electrons. The Morgan fingerprint density at radius 1 is 0.750 bits per heavy atom. The van der Waals surface area contributed by atoms with E-state index in [9.17, 15) is 0 Å². The van der Waals surface area contributed by atoms with Crippen LogP contribution in [0.3, 0.4) is 0 Å². The van der Waals surface area contributed by atoms with Gasteiger partial charge in [0.25, 0.3) is 0 Å². The molecule has 1 aromatic heterocycles. The van der Waals surface area contributed by atoms with Crippen molar-refractivity contribution in [3.05, 3.63) is 103 Å². The molecule has 0 spiro atoms. The summed E-state index contributed by atoms with van der Waals surface area (Å²) in [6.07, 6.45) is 3.61. The number of rotatable bonds is 5. The predicted octanol–water partition coefficient (Wildman–Crippen LogP) is 1.14. The highest BCUT2D eigenvalue weighted by Crippen LogP contribution is 2.34. The maximum atomic E-state index is 8.89. The molecule has 0 saturated heterocycles. The molecule has 7 heteroatoms. The number of aromatic nitrogens is 1. The van der Waals surface area contributed by atoms with Crippen molar-refractivity contribution in [3.8, 4) is 17.6 Å². The van der Waals surface area contributed by atoms with E-state index in [2.05, 4.69) is 47.4 Å². The van der Waals surface area contributed by atoms with Gasteiger partial charge in [0.15, 0.2) is 11.9 Å². The van der Waals surface area contributed by atoms with Gasteiger partial charge in [0, 0.05) is 28.6 Å². The summed E-state index contributed by atoms with van der Waals surface area (Å²) in [7, 11) is -0.510. The van der Waals surface area contributed by atoms with Crippen molar-refractivity contribution in [1.82, 2.24) is 0 Å². The zero-order valence-corrected chi connectivity index (χ0v) is 18.7. The summed E-state index contributed by atoms with van der Waals surface area (Å²) in [6.45, 7) is 0.269. The molecule has 0 amide bonds. The zero-order chi connectivity index (χ0) is 21.0. The average molecular weight is 484 g/mol. The maximum absolute atomic E-state index is 8.89. The summed E-state index contributed by atoms with van der Waals surface area (Å²) in [5, 5.41) is 8.89. The molecular weight excluding hydrogens is 465 g/mol. The highest BCUT2D eigenvalue weighted by atomic mass is 79.9. The predicted molar refractivity (Wildman–Crippen MR) is 120 cm³/mol. The fourth-order valence-electron chi connectivity index (χ4n) is 3.64. The Hall–Kier alpha value is -3.76. The molecule has 2 heterocycles. The Morgan fingerprint density at radius 3 is 1.91 bits per heavy atom. The zero-order valence-electron chi connectivity index (χ0n) is 17.1. The quantitative estimate of drug-likeness (QED) is 0.315. The molecular formula is C25H19BBrN3O2. The van der Waals surface area contributed by atoms with Gasteiger partial charge in [-0.3, -0.25) is 0 Å². The SMILES string of the molecule is N#CC[n+]1ccc2c(c1)OB(c1ccc(N(c3ccccc3)c3ccccc3)cc1)O2.[Br-]. The van der Waals surface area contributed by atoms with Gasteiger partial charge < -0.3 is 31.2 Å². The van der Waals surface area contributed by atoms with Crippen molar-refractivity contribution >= 4 is 29.6 Å². The van der Waals surface area contributed by atoms with E-state index in [0.717, 1.165) is 22.5 Å². The average Bonchev–Trinajstić information content (AvgIpc) is 3.25. The molecule has 0 atom stereocenters. The monoisotopic (exact) mass is 483 g/mol. The van der Waals surface area contributed by atoms with Crippen LogP contribution in [0.1, 0.15) is 0 Å². The Balaban J connectivity index is 0.00000245. The minimum atomic E-state index is -0.510. The molecule has 0 fully saturated rings. The lowest BCUT2D eigenvalue weighted by atomic mass is 9.79. The van der Waals surface area contributed by atoms with Gasteiger partial charge in [-0.2, -0.15) is 9.83 Å². The Labute approximate surface area is 198 Å². The molecule has 0 N–H and O–H groups in total. The number of hydrogen-bond donors (Lipinski definition) is 0. The van der Waals surface area contributed by atoms with Crippen LogP contribution in [0.5, 0.6) is 11.5 Å². The Kier molecular flexibility index (Phi) is 6.43. The number of hydrogen-bond acceptors (Lipinski definition) is 4. The first-order valence-corrected chi connectivity index (χ1v) is 10.1. The Bertz CT molecular complexity index is 1190. The molecule has 32 heavy (non-hydrogen) atoms. The van der Waals surface area contributed by atoms with Crippen LogP contribution in [0.4, 0.5) is 17.1 Å². The lowest BCUT2D eigenvalue weighted by molar-refractivity contribution is -0.685. The second-order valence-electron chi connectivity index (χ2n) is 7.17. The molecule has 3 aromatic carbocycles. The summed E-state index contributed by atoms with van der Waals surface area (Å²) >= 11 is 0. The number of anilines is 3. The summed E-state index contributed by atoms with van der Waals surface area (Å²) in [5.74, 6) is 1.32. The number of pyridine rings is 1. The molecule has 5 nitrogen and oxygen atoms in total. The lowest BCUT2D eigenvalue weighted by Gasteiger charge is -2.25. The van der Waals surface area contributed by atoms with E-state index in [4.69, 9.17) is 14.6 Å². The van der Waals surface area contributed by atoms with Gasteiger partial charge in [-0.1, -0.05) is 48.5 Å². The van der Waals surface area contributed by atoms with Crippen molar-refractivity contribution < 1.29 is 30.9 Å². The third-order valence-electron chi connectivity index (χ3n) is 5.12. The molecule has 0 aliphatic carbocycles. The van der Waals surface area contributed by atoms with E-state index in [-0.39, 0.29) is 23.5 Å². The van der Waals surface area contributed by atoms with E-state index in [1.54, 1.807) is 10.8 Å². The standard InChI is InChI=1S/C25H19BN3O2.BrH/c27-16-18-28-17-15-24-25(19-28)31-26(30-24)20-11-13-23(14-12-20)29(21-7-3-1-4-8-21)22-9-5-2-6-10-22;/h1-15,17,19H,18H2;1H/q+1;/p-1. The summed E-state index contributed by atoms with van der Waals surface area (Å²) < 4.78 is 13.7. The molecule has 0 bridgehead atoms. The third-order valence-corrected chi connectivity index (χ3v) is 5.12. The molecule has 0 saturated carbocycles. The van der Waals surface area contributed by atoms with Crippen molar-refractivity contribution in [2.75, 3.05) is 4.90 Å². The van der Waals surface area contributed by atoms with Gasteiger partial charge in [0.05, 0.1) is 0 Å². The van der Waals surface area contributed by atoms with E-state index in [1.807, 2.05) is 60.8 Å². The van der Waals surface area contributed by atoms with Crippen LogP contribution in [-0.4, -0.2) is 7.12 Å². The van der Waals surface area contributed by atoms with Crippen LogP contribution in [-0.2, 0) is 6.54 Å². The van der Waals surface area contributed by atoms with E-state index >= 15 is 0 Å². The van der Waals surface area contributed by atoms with Gasteiger partial charge in [0.2, 0.25) is 18.5 Å². The first-order chi connectivity index (χ1) is 15.3. The minimum Gasteiger partial charge on any atom is -1.00 e. The number of fused-ring (bicyclic) bond motifs is 1. The summed E-state index contributed by atoms with van der Waals surface area (Å²) in [4.78, 5) is 2.21. The first-order valence-electron chi connectivity index (χ1n) is 10.1. The van der Waals surface area contributed by atoms with E-state index in [1.165, 1.54) is 0 Å². The summed E-state index contributed by atoms with van der Waals surface area (Å²) in [5.41, 5.74) is 4.14. The minimum absolute atomic E-state index is 0. The second-order valence-corrected chi connectivity index (χ2v) is 7.17. The van der Waals surface area contributed by atoms with Gasteiger partial charge in [-0.15, -0.1) is 0 Å². The van der Waals surface area contributed by atoms with Crippen molar-refractivity contribution in [2.24, 2.45) is 0 Å². The number of halogens is 1. The molecule has 5 rings (SSSR count).